The first-order valence-corrected chi connectivity index (χ1v) is 6.74. The van der Waals surface area contributed by atoms with Crippen molar-refractivity contribution >= 4 is 16.1 Å². The van der Waals surface area contributed by atoms with Gasteiger partial charge < -0.3 is 9.64 Å². The van der Waals surface area contributed by atoms with Crippen LogP contribution in [0.5, 0.6) is 0 Å². The molecule has 2 heterocycles. The van der Waals surface area contributed by atoms with E-state index in [2.05, 4.69) is 0 Å². The predicted molar refractivity (Wildman–Crippen MR) is 54.0 cm³/mol. The Balaban J connectivity index is 1.94. The molecule has 0 N–H and O–H groups in total. The van der Waals surface area contributed by atoms with Gasteiger partial charge in [0.2, 0.25) is 5.91 Å². The molecule has 2 aliphatic heterocycles. The molecule has 0 bridgehead atoms. The first kappa shape index (κ1) is 11.8. The van der Waals surface area contributed by atoms with Crippen LogP contribution >= 0.6 is 0 Å². The fourth-order valence-electron chi connectivity index (χ4n) is 2.14. The fourth-order valence-corrected chi connectivity index (χ4v) is 2.83. The van der Waals surface area contributed by atoms with E-state index in [0.717, 1.165) is 12.8 Å². The molecule has 2 rings (SSSR count). The van der Waals surface area contributed by atoms with Crippen LogP contribution in [0.25, 0.3) is 0 Å². The predicted octanol–water partition coefficient (Wildman–Crippen LogP) is 0.0656. The first-order valence-electron chi connectivity index (χ1n) is 5.29. The van der Waals surface area contributed by atoms with E-state index in [1.54, 1.807) is 0 Å². The van der Waals surface area contributed by atoms with Crippen molar-refractivity contribution in [2.45, 2.75) is 30.6 Å². The third-order valence-electron chi connectivity index (χ3n) is 3.03. The molecule has 0 aromatic heterocycles. The van der Waals surface area contributed by atoms with Crippen molar-refractivity contribution in [3.8, 4) is 0 Å². The topological polar surface area (TPSA) is 63.7 Å². The Morgan fingerprint density at radius 2 is 2.25 bits per heavy atom. The van der Waals surface area contributed by atoms with Gasteiger partial charge in [0.25, 0.3) is 0 Å². The molecule has 2 fully saturated rings. The number of likely N-dealkylation sites (tertiary alicyclic amines) is 1. The highest BCUT2D eigenvalue weighted by molar-refractivity contribution is 7.87. The molecule has 2 atom stereocenters. The SMILES string of the molecule is O=C1CC(S(=O)(=O)F)CN1CC1CCCO1. The smallest absolute Gasteiger partial charge is 0.307 e. The standard InChI is InChI=1S/C9H14FNO4S/c10-16(13,14)8-4-9(12)11(6-8)5-7-2-1-3-15-7/h7-8H,1-6H2. The summed E-state index contributed by atoms with van der Waals surface area (Å²) in [5, 5.41) is -1.19. The van der Waals surface area contributed by atoms with E-state index >= 15 is 0 Å². The van der Waals surface area contributed by atoms with E-state index in [1.807, 2.05) is 0 Å². The van der Waals surface area contributed by atoms with Gasteiger partial charge in [0, 0.05) is 26.1 Å². The zero-order valence-electron chi connectivity index (χ0n) is 8.76. The normalized spacial score (nSPS) is 31.3. The lowest BCUT2D eigenvalue weighted by Crippen LogP contribution is -2.34. The minimum absolute atomic E-state index is 0.0231. The van der Waals surface area contributed by atoms with Crippen LogP contribution in [-0.2, 0) is 19.8 Å². The van der Waals surface area contributed by atoms with Gasteiger partial charge in [-0.25, -0.2) is 0 Å². The van der Waals surface area contributed by atoms with E-state index < -0.39 is 15.5 Å². The summed E-state index contributed by atoms with van der Waals surface area (Å²) in [6.45, 7) is 1.01. The van der Waals surface area contributed by atoms with E-state index in [0.29, 0.717) is 13.2 Å². The van der Waals surface area contributed by atoms with E-state index in [-0.39, 0.29) is 25.0 Å². The summed E-state index contributed by atoms with van der Waals surface area (Å²) >= 11 is 0. The second-order valence-corrected chi connectivity index (χ2v) is 5.85. The molecule has 2 aliphatic rings. The Bertz CT molecular complexity index is 377. The van der Waals surface area contributed by atoms with Crippen LogP contribution in [0.1, 0.15) is 19.3 Å². The third-order valence-corrected chi connectivity index (χ3v) is 4.14. The maximum atomic E-state index is 12.7. The molecule has 0 aromatic carbocycles. The molecule has 0 aliphatic carbocycles. The lowest BCUT2D eigenvalue weighted by molar-refractivity contribution is -0.129. The Morgan fingerprint density at radius 1 is 1.50 bits per heavy atom. The van der Waals surface area contributed by atoms with Crippen molar-refractivity contribution in [3.05, 3.63) is 0 Å². The van der Waals surface area contributed by atoms with Crippen LogP contribution in [0, 0.1) is 0 Å². The first-order chi connectivity index (χ1) is 7.47. The van der Waals surface area contributed by atoms with Crippen molar-refractivity contribution in [3.63, 3.8) is 0 Å². The summed E-state index contributed by atoms with van der Waals surface area (Å²) in [6, 6.07) is 0. The van der Waals surface area contributed by atoms with Crippen LogP contribution < -0.4 is 0 Å². The number of carbonyl (C=O) groups excluding carboxylic acids is 1. The number of carbonyl (C=O) groups is 1. The van der Waals surface area contributed by atoms with Gasteiger partial charge in [0.05, 0.1) is 6.10 Å². The molecular formula is C9H14FNO4S. The molecule has 2 saturated heterocycles. The average molecular weight is 251 g/mol. The number of halogens is 1. The van der Waals surface area contributed by atoms with Crippen molar-refractivity contribution < 1.29 is 21.8 Å². The van der Waals surface area contributed by atoms with Gasteiger partial charge in [0.15, 0.2) is 0 Å². The number of rotatable bonds is 3. The molecule has 0 radical (unpaired) electrons. The Kier molecular flexibility index (Phi) is 3.16. The molecule has 0 aromatic rings. The molecule has 0 spiro atoms. The van der Waals surface area contributed by atoms with E-state index in [4.69, 9.17) is 4.74 Å². The number of hydrogen-bond acceptors (Lipinski definition) is 4. The molecule has 5 nitrogen and oxygen atoms in total. The van der Waals surface area contributed by atoms with Crippen molar-refractivity contribution in [1.82, 2.24) is 4.90 Å². The second kappa shape index (κ2) is 4.29. The number of amides is 1. The summed E-state index contributed by atoms with van der Waals surface area (Å²) in [5.41, 5.74) is 0. The molecular weight excluding hydrogens is 237 g/mol. The largest absolute Gasteiger partial charge is 0.376 e. The zero-order valence-corrected chi connectivity index (χ0v) is 9.58. The van der Waals surface area contributed by atoms with Crippen molar-refractivity contribution in [1.29, 1.82) is 0 Å². The van der Waals surface area contributed by atoms with Crippen molar-refractivity contribution in [2.75, 3.05) is 19.7 Å². The minimum Gasteiger partial charge on any atom is -0.376 e. The van der Waals surface area contributed by atoms with Gasteiger partial charge in [0.1, 0.15) is 5.25 Å². The summed E-state index contributed by atoms with van der Waals surface area (Å²) in [4.78, 5) is 12.8. The van der Waals surface area contributed by atoms with Gasteiger partial charge in [-0.1, -0.05) is 0 Å². The summed E-state index contributed by atoms with van der Waals surface area (Å²) in [5.74, 6) is -0.304. The monoisotopic (exact) mass is 251 g/mol. The maximum absolute atomic E-state index is 12.7. The van der Waals surface area contributed by atoms with Crippen LogP contribution in [0.15, 0.2) is 0 Å². The highest BCUT2D eigenvalue weighted by Gasteiger charge is 2.39. The van der Waals surface area contributed by atoms with Gasteiger partial charge in [-0.15, -0.1) is 3.89 Å². The Morgan fingerprint density at radius 3 is 2.75 bits per heavy atom. The Hall–Kier alpha value is -0.690. The fraction of sp³-hybridized carbons (Fsp3) is 0.889. The lowest BCUT2D eigenvalue weighted by atomic mass is 10.2. The van der Waals surface area contributed by atoms with Gasteiger partial charge >= 0.3 is 10.2 Å². The van der Waals surface area contributed by atoms with Crippen LogP contribution in [0.3, 0.4) is 0 Å². The zero-order chi connectivity index (χ0) is 11.8. The molecule has 92 valence electrons. The number of hydrogen-bond donors (Lipinski definition) is 0. The van der Waals surface area contributed by atoms with E-state index in [1.165, 1.54) is 4.90 Å². The molecule has 2 unspecified atom stereocenters. The van der Waals surface area contributed by atoms with Crippen molar-refractivity contribution in [2.24, 2.45) is 0 Å². The minimum atomic E-state index is -4.61. The number of ether oxygens (including phenoxy) is 1. The summed E-state index contributed by atoms with van der Waals surface area (Å²) < 4.78 is 39.4. The highest BCUT2D eigenvalue weighted by Crippen LogP contribution is 2.22. The Labute approximate surface area is 93.8 Å². The van der Waals surface area contributed by atoms with Crippen LogP contribution in [-0.4, -0.2) is 50.3 Å². The second-order valence-electron chi connectivity index (χ2n) is 4.24. The van der Waals surface area contributed by atoms with Crippen LogP contribution in [0.4, 0.5) is 3.89 Å². The van der Waals surface area contributed by atoms with Gasteiger partial charge in [-0.05, 0) is 12.8 Å². The van der Waals surface area contributed by atoms with Crippen LogP contribution in [0.2, 0.25) is 0 Å². The lowest BCUT2D eigenvalue weighted by Gasteiger charge is -2.19. The quantitative estimate of drug-likeness (QED) is 0.666. The summed E-state index contributed by atoms with van der Waals surface area (Å²) in [7, 11) is -4.61. The molecule has 1 amide bonds. The molecule has 0 saturated carbocycles. The van der Waals surface area contributed by atoms with Gasteiger partial charge in [-0.2, -0.15) is 8.42 Å². The maximum Gasteiger partial charge on any atom is 0.307 e. The third kappa shape index (κ3) is 2.52. The molecule has 16 heavy (non-hydrogen) atoms. The molecule has 7 heteroatoms. The van der Waals surface area contributed by atoms with Gasteiger partial charge in [-0.3, -0.25) is 4.79 Å². The summed E-state index contributed by atoms with van der Waals surface area (Å²) in [6.07, 6.45) is 1.56. The number of nitrogens with zero attached hydrogens (tertiary/aromatic N) is 1. The highest BCUT2D eigenvalue weighted by atomic mass is 32.3. The average Bonchev–Trinajstić information content (AvgIpc) is 2.76. The van der Waals surface area contributed by atoms with E-state index in [9.17, 15) is 17.1 Å².